The Labute approximate surface area is 138 Å². The van der Waals surface area contributed by atoms with E-state index in [4.69, 9.17) is 10.1 Å². The summed E-state index contributed by atoms with van der Waals surface area (Å²) in [6, 6.07) is 0.331. The Balaban J connectivity index is 1.49. The number of H-pyrrole nitrogens is 1. The van der Waals surface area contributed by atoms with Crippen LogP contribution in [0.5, 0.6) is 0 Å². The second-order valence-corrected chi connectivity index (χ2v) is 7.53. The Kier molecular flexibility index (Phi) is 2.98. The lowest BCUT2D eigenvalue weighted by Gasteiger charge is -2.21. The number of nitrogens with one attached hydrogen (secondary N) is 1. The smallest absolute Gasteiger partial charge is 0.214 e. The number of aromatic amines is 1. The number of nitrogens with zero attached hydrogens (tertiary/aromatic N) is 5. The lowest BCUT2D eigenvalue weighted by Crippen LogP contribution is -2.23. The minimum atomic E-state index is 0.331. The van der Waals surface area contributed by atoms with Crippen LogP contribution in [0.25, 0.3) is 4.96 Å². The predicted octanol–water partition coefficient (Wildman–Crippen LogP) is 3.04. The topological polar surface area (TPSA) is 62.1 Å². The fraction of sp³-hybridized carbons (Fsp3) is 0.562. The van der Waals surface area contributed by atoms with E-state index in [1.165, 1.54) is 30.7 Å². The first-order valence-electron chi connectivity index (χ1n) is 8.45. The molecular formula is C16H20N6S. The van der Waals surface area contributed by atoms with Gasteiger partial charge in [-0.25, -0.2) is 14.5 Å². The summed E-state index contributed by atoms with van der Waals surface area (Å²) in [7, 11) is 0. The number of aromatic nitrogens is 5. The third-order valence-corrected chi connectivity index (χ3v) is 5.90. The first-order chi connectivity index (χ1) is 11.3. The van der Waals surface area contributed by atoms with Crippen LogP contribution in [0.15, 0.2) is 6.20 Å². The molecule has 5 rings (SSSR count). The van der Waals surface area contributed by atoms with Gasteiger partial charge < -0.3 is 9.88 Å². The van der Waals surface area contributed by atoms with Crippen molar-refractivity contribution in [2.75, 3.05) is 11.4 Å². The van der Waals surface area contributed by atoms with Gasteiger partial charge in [0.2, 0.25) is 10.1 Å². The normalized spacial score (nSPS) is 21.3. The largest absolute Gasteiger partial charge is 0.344 e. The molecule has 23 heavy (non-hydrogen) atoms. The maximum Gasteiger partial charge on any atom is 0.214 e. The molecule has 0 spiro atoms. The summed E-state index contributed by atoms with van der Waals surface area (Å²) < 4.78 is 1.90. The SMILES string of the molecule is Cc1cn2nc(N3CCC[C@@H]3c3nc4c([nH]3)CCCC4)sc2n1. The van der Waals surface area contributed by atoms with Crippen LogP contribution in [0.2, 0.25) is 0 Å². The van der Waals surface area contributed by atoms with Crippen molar-refractivity contribution in [1.29, 1.82) is 0 Å². The van der Waals surface area contributed by atoms with E-state index < -0.39 is 0 Å². The second-order valence-electron chi connectivity index (χ2n) is 6.60. The highest BCUT2D eigenvalue weighted by atomic mass is 32.1. The summed E-state index contributed by atoms with van der Waals surface area (Å²) in [6.45, 7) is 3.05. The van der Waals surface area contributed by atoms with Crippen LogP contribution in [-0.2, 0) is 12.8 Å². The van der Waals surface area contributed by atoms with Crippen molar-refractivity contribution in [2.45, 2.75) is 51.5 Å². The van der Waals surface area contributed by atoms with E-state index in [1.807, 2.05) is 17.6 Å². The van der Waals surface area contributed by atoms with Gasteiger partial charge in [0.25, 0.3) is 0 Å². The molecular weight excluding hydrogens is 308 g/mol. The molecule has 0 aromatic carbocycles. The van der Waals surface area contributed by atoms with Crippen LogP contribution < -0.4 is 4.90 Å². The molecule has 1 aliphatic carbocycles. The summed E-state index contributed by atoms with van der Waals surface area (Å²) in [5.74, 6) is 1.14. The van der Waals surface area contributed by atoms with E-state index in [2.05, 4.69) is 14.9 Å². The lowest BCUT2D eigenvalue weighted by molar-refractivity contribution is 0.667. The van der Waals surface area contributed by atoms with Crippen LogP contribution in [-0.4, -0.2) is 31.1 Å². The molecule has 0 amide bonds. The molecule has 0 radical (unpaired) electrons. The van der Waals surface area contributed by atoms with Crippen molar-refractivity contribution >= 4 is 21.4 Å². The number of fused-ring (bicyclic) bond motifs is 2. The maximum absolute atomic E-state index is 4.92. The number of imidazole rings is 2. The molecule has 0 unspecified atom stereocenters. The average Bonchev–Trinajstić information content (AvgIpc) is 3.27. The van der Waals surface area contributed by atoms with Crippen molar-refractivity contribution in [1.82, 2.24) is 24.6 Å². The van der Waals surface area contributed by atoms with E-state index in [0.29, 0.717) is 6.04 Å². The molecule has 0 bridgehead atoms. The molecule has 0 saturated carbocycles. The van der Waals surface area contributed by atoms with Gasteiger partial charge in [0.05, 0.1) is 23.6 Å². The third-order valence-electron chi connectivity index (χ3n) is 4.94. The number of hydrogen-bond donors (Lipinski definition) is 1. The Morgan fingerprint density at radius 2 is 2.13 bits per heavy atom. The molecule has 3 aromatic heterocycles. The zero-order chi connectivity index (χ0) is 15.4. The minimum absolute atomic E-state index is 0.331. The van der Waals surface area contributed by atoms with Crippen molar-refractivity contribution in [3.8, 4) is 0 Å². The van der Waals surface area contributed by atoms with Crippen molar-refractivity contribution < 1.29 is 0 Å². The number of anilines is 1. The molecule has 7 heteroatoms. The highest BCUT2D eigenvalue weighted by Crippen LogP contribution is 2.37. The summed E-state index contributed by atoms with van der Waals surface area (Å²) in [6.07, 6.45) is 9.17. The molecule has 1 fully saturated rings. The lowest BCUT2D eigenvalue weighted by atomic mass is 10.0. The van der Waals surface area contributed by atoms with Gasteiger partial charge in [0, 0.05) is 12.2 Å². The highest BCUT2D eigenvalue weighted by Gasteiger charge is 2.32. The molecule has 4 heterocycles. The van der Waals surface area contributed by atoms with Crippen molar-refractivity contribution in [3.63, 3.8) is 0 Å². The first kappa shape index (κ1) is 13.5. The molecule has 1 N–H and O–H groups in total. The maximum atomic E-state index is 4.92. The highest BCUT2D eigenvalue weighted by molar-refractivity contribution is 7.20. The number of rotatable bonds is 2. The number of hydrogen-bond acceptors (Lipinski definition) is 5. The first-order valence-corrected chi connectivity index (χ1v) is 9.27. The monoisotopic (exact) mass is 328 g/mol. The van der Waals surface area contributed by atoms with E-state index in [0.717, 1.165) is 47.4 Å². The molecule has 2 aliphatic rings. The Hall–Kier alpha value is -1.89. The Morgan fingerprint density at radius 1 is 1.22 bits per heavy atom. The van der Waals surface area contributed by atoms with E-state index in [-0.39, 0.29) is 0 Å². The molecule has 1 atom stereocenters. The Bertz CT molecular complexity index is 804. The van der Waals surface area contributed by atoms with E-state index >= 15 is 0 Å². The summed E-state index contributed by atoms with van der Waals surface area (Å²) in [5.41, 5.74) is 3.68. The average molecular weight is 328 g/mol. The van der Waals surface area contributed by atoms with Gasteiger partial charge >= 0.3 is 0 Å². The van der Waals surface area contributed by atoms with Gasteiger partial charge in [-0.3, -0.25) is 0 Å². The quantitative estimate of drug-likeness (QED) is 0.785. The fourth-order valence-electron chi connectivity index (χ4n) is 3.83. The molecule has 3 aromatic rings. The van der Waals surface area contributed by atoms with Gasteiger partial charge in [0.15, 0.2) is 0 Å². The number of aryl methyl sites for hydroxylation is 3. The van der Waals surface area contributed by atoms with Gasteiger partial charge in [0.1, 0.15) is 5.82 Å². The van der Waals surface area contributed by atoms with Crippen LogP contribution in [0.1, 0.15) is 54.6 Å². The van der Waals surface area contributed by atoms with E-state index in [1.54, 1.807) is 11.3 Å². The zero-order valence-electron chi connectivity index (χ0n) is 13.2. The second kappa shape index (κ2) is 5.06. The predicted molar refractivity (Wildman–Crippen MR) is 90.2 cm³/mol. The van der Waals surface area contributed by atoms with Crippen molar-refractivity contribution in [3.05, 3.63) is 29.1 Å². The Morgan fingerprint density at radius 3 is 3.00 bits per heavy atom. The van der Waals surface area contributed by atoms with Gasteiger partial charge in [-0.05, 0) is 45.4 Å². The summed E-state index contributed by atoms with van der Waals surface area (Å²) in [4.78, 5) is 16.4. The van der Waals surface area contributed by atoms with Gasteiger partial charge in [-0.2, -0.15) is 0 Å². The summed E-state index contributed by atoms with van der Waals surface area (Å²) >= 11 is 1.67. The fourth-order valence-corrected chi connectivity index (χ4v) is 4.83. The molecule has 120 valence electrons. The van der Waals surface area contributed by atoms with Crippen LogP contribution in [0.4, 0.5) is 5.13 Å². The molecule has 6 nitrogen and oxygen atoms in total. The van der Waals surface area contributed by atoms with Gasteiger partial charge in [-0.15, -0.1) is 5.10 Å². The molecule has 1 saturated heterocycles. The van der Waals surface area contributed by atoms with Crippen molar-refractivity contribution in [2.24, 2.45) is 0 Å². The van der Waals surface area contributed by atoms with Crippen LogP contribution in [0, 0.1) is 6.92 Å². The van der Waals surface area contributed by atoms with Crippen LogP contribution >= 0.6 is 11.3 Å². The standard InChI is InChI=1S/C16H20N6S/c1-10-9-22-15(17-10)23-16(20-22)21-8-4-7-13(21)14-18-11-5-2-3-6-12(11)19-14/h9,13H,2-8H2,1H3,(H,18,19)/t13-/m1/s1. The van der Waals surface area contributed by atoms with Crippen LogP contribution in [0.3, 0.4) is 0 Å². The van der Waals surface area contributed by atoms with E-state index in [9.17, 15) is 0 Å². The minimum Gasteiger partial charge on any atom is -0.344 e. The molecule has 1 aliphatic heterocycles. The van der Waals surface area contributed by atoms with Gasteiger partial charge in [-0.1, -0.05) is 11.3 Å². The third kappa shape index (κ3) is 2.17. The summed E-state index contributed by atoms with van der Waals surface area (Å²) in [5, 5.41) is 5.79. The zero-order valence-corrected chi connectivity index (χ0v) is 14.1.